The van der Waals surface area contributed by atoms with Gasteiger partial charge in [-0.3, -0.25) is 10.3 Å². The van der Waals surface area contributed by atoms with Crippen LogP contribution in [0.5, 0.6) is 0 Å². The Morgan fingerprint density at radius 2 is 1.75 bits per heavy atom. The molecule has 0 amide bonds. The number of nitrogen functional groups attached to an aromatic ring is 1. The smallest absolute Gasteiger partial charge is 0.134 e. The quantitative estimate of drug-likeness (QED) is 0.818. The molecule has 3 N–H and O–H groups in total. The molecule has 0 bridgehead atoms. The van der Waals surface area contributed by atoms with Crippen LogP contribution >= 0.6 is 23.2 Å². The Bertz CT molecular complexity index is 665. The third-order valence-electron chi connectivity index (χ3n) is 3.10. The van der Waals surface area contributed by atoms with Crippen LogP contribution in [0.3, 0.4) is 0 Å². The number of hydrogen-bond donors (Lipinski definition) is 2. The van der Waals surface area contributed by atoms with Gasteiger partial charge in [0, 0.05) is 26.9 Å². The van der Waals surface area contributed by atoms with Gasteiger partial charge in [0.1, 0.15) is 6.10 Å². The van der Waals surface area contributed by atoms with Crippen LogP contribution in [-0.4, -0.2) is 0 Å². The van der Waals surface area contributed by atoms with Crippen LogP contribution in [0.25, 0.3) is 5.70 Å². The average molecular weight is 307 g/mol. The van der Waals surface area contributed by atoms with E-state index in [1.54, 1.807) is 18.2 Å². The minimum atomic E-state index is -0.326. The van der Waals surface area contributed by atoms with Crippen molar-refractivity contribution in [2.75, 3.05) is 5.73 Å². The molecular formula is C15H12Cl2N2O. The van der Waals surface area contributed by atoms with Crippen molar-refractivity contribution in [1.29, 1.82) is 0 Å². The topological polar surface area (TPSA) is 47.3 Å². The minimum Gasteiger partial charge on any atom is -0.399 e. The molecule has 0 saturated carbocycles. The van der Waals surface area contributed by atoms with Gasteiger partial charge in [-0.15, -0.1) is 0 Å². The Labute approximate surface area is 126 Å². The van der Waals surface area contributed by atoms with E-state index >= 15 is 0 Å². The molecule has 0 spiro atoms. The fourth-order valence-electron chi connectivity index (χ4n) is 2.13. The van der Waals surface area contributed by atoms with E-state index in [0.717, 1.165) is 16.8 Å². The standard InChI is InChI=1S/C15H12Cl2N2O/c16-11-5-2-6-12(17)15(11)14-8-13(19-20-14)9-3-1-4-10(18)7-9/h1-8,14,19H,18H2. The van der Waals surface area contributed by atoms with Crippen LogP contribution in [-0.2, 0) is 4.84 Å². The number of rotatable bonds is 2. The molecule has 3 rings (SSSR count). The van der Waals surface area contributed by atoms with Crippen molar-refractivity contribution in [1.82, 2.24) is 5.48 Å². The molecule has 1 unspecified atom stereocenters. The number of halogens is 2. The number of nitrogens with one attached hydrogen (secondary N) is 1. The lowest BCUT2D eigenvalue weighted by atomic mass is 10.1. The van der Waals surface area contributed by atoms with E-state index in [1.165, 1.54) is 0 Å². The van der Waals surface area contributed by atoms with E-state index in [1.807, 2.05) is 30.3 Å². The van der Waals surface area contributed by atoms with E-state index in [-0.39, 0.29) is 6.10 Å². The summed E-state index contributed by atoms with van der Waals surface area (Å²) in [5.41, 5.74) is 11.9. The molecule has 102 valence electrons. The SMILES string of the molecule is Nc1cccc(C2=CC(c3c(Cl)cccc3Cl)ON2)c1. The van der Waals surface area contributed by atoms with Gasteiger partial charge in [0.25, 0.3) is 0 Å². The molecule has 2 aromatic carbocycles. The maximum absolute atomic E-state index is 6.19. The van der Waals surface area contributed by atoms with Gasteiger partial charge in [-0.1, -0.05) is 41.4 Å². The highest BCUT2D eigenvalue weighted by Gasteiger charge is 2.23. The lowest BCUT2D eigenvalue weighted by Crippen LogP contribution is -2.08. The van der Waals surface area contributed by atoms with Gasteiger partial charge < -0.3 is 5.73 Å². The Kier molecular flexibility index (Phi) is 3.57. The first kappa shape index (κ1) is 13.3. The van der Waals surface area contributed by atoms with Crippen molar-refractivity contribution in [3.05, 3.63) is 69.7 Å². The van der Waals surface area contributed by atoms with E-state index in [9.17, 15) is 0 Å². The van der Waals surface area contributed by atoms with Crippen LogP contribution in [0.4, 0.5) is 5.69 Å². The van der Waals surface area contributed by atoms with Gasteiger partial charge in [-0.2, -0.15) is 0 Å². The van der Waals surface area contributed by atoms with Crippen LogP contribution in [0, 0.1) is 0 Å². The van der Waals surface area contributed by atoms with Crippen molar-refractivity contribution in [3.8, 4) is 0 Å². The van der Waals surface area contributed by atoms with E-state index in [2.05, 4.69) is 5.48 Å². The largest absolute Gasteiger partial charge is 0.399 e. The summed E-state index contributed by atoms with van der Waals surface area (Å²) in [5.74, 6) is 0. The zero-order valence-corrected chi connectivity index (χ0v) is 11.9. The van der Waals surface area contributed by atoms with Crippen molar-refractivity contribution in [3.63, 3.8) is 0 Å². The Morgan fingerprint density at radius 3 is 2.45 bits per heavy atom. The Hall–Kier alpha value is -1.68. The van der Waals surface area contributed by atoms with Crippen LogP contribution in [0.2, 0.25) is 10.0 Å². The summed E-state index contributed by atoms with van der Waals surface area (Å²) >= 11 is 12.4. The van der Waals surface area contributed by atoms with Gasteiger partial charge in [-0.25, -0.2) is 0 Å². The van der Waals surface area contributed by atoms with Crippen molar-refractivity contribution in [2.45, 2.75) is 6.10 Å². The first-order valence-corrected chi connectivity index (χ1v) is 6.84. The first-order valence-electron chi connectivity index (χ1n) is 6.08. The molecule has 0 saturated heterocycles. The lowest BCUT2D eigenvalue weighted by molar-refractivity contribution is 0.0512. The third kappa shape index (κ3) is 2.48. The molecule has 1 aliphatic heterocycles. The van der Waals surface area contributed by atoms with E-state index < -0.39 is 0 Å². The molecular weight excluding hydrogens is 295 g/mol. The summed E-state index contributed by atoms with van der Waals surface area (Å²) < 4.78 is 0. The Balaban J connectivity index is 1.96. The molecule has 0 fully saturated rings. The molecule has 1 atom stereocenters. The summed E-state index contributed by atoms with van der Waals surface area (Å²) in [5, 5.41) is 1.16. The van der Waals surface area contributed by atoms with Crippen LogP contribution in [0.1, 0.15) is 17.2 Å². The van der Waals surface area contributed by atoms with Gasteiger partial charge >= 0.3 is 0 Å². The van der Waals surface area contributed by atoms with Crippen molar-refractivity contribution < 1.29 is 4.84 Å². The minimum absolute atomic E-state index is 0.326. The molecule has 0 aromatic heterocycles. The monoisotopic (exact) mass is 306 g/mol. The van der Waals surface area contributed by atoms with E-state index in [4.69, 9.17) is 33.8 Å². The normalized spacial score (nSPS) is 17.7. The van der Waals surface area contributed by atoms with Crippen LogP contribution < -0.4 is 11.2 Å². The van der Waals surface area contributed by atoms with Gasteiger partial charge in [0.05, 0.1) is 5.70 Å². The molecule has 20 heavy (non-hydrogen) atoms. The second-order valence-electron chi connectivity index (χ2n) is 4.48. The molecule has 1 heterocycles. The van der Waals surface area contributed by atoms with E-state index in [0.29, 0.717) is 15.7 Å². The highest BCUT2D eigenvalue weighted by atomic mass is 35.5. The number of benzene rings is 2. The number of hydroxylamine groups is 1. The lowest BCUT2D eigenvalue weighted by Gasteiger charge is -2.11. The maximum atomic E-state index is 6.19. The summed E-state index contributed by atoms with van der Waals surface area (Å²) in [6.45, 7) is 0. The molecule has 0 aliphatic carbocycles. The van der Waals surface area contributed by atoms with Gasteiger partial charge in [0.2, 0.25) is 0 Å². The molecule has 3 nitrogen and oxygen atoms in total. The zero-order valence-electron chi connectivity index (χ0n) is 10.4. The average Bonchev–Trinajstić information content (AvgIpc) is 2.88. The van der Waals surface area contributed by atoms with Crippen molar-refractivity contribution >= 4 is 34.6 Å². The second kappa shape index (κ2) is 5.37. The number of anilines is 1. The summed E-state index contributed by atoms with van der Waals surface area (Å²) in [7, 11) is 0. The summed E-state index contributed by atoms with van der Waals surface area (Å²) in [4.78, 5) is 5.56. The van der Waals surface area contributed by atoms with Gasteiger partial charge in [0.15, 0.2) is 0 Å². The zero-order chi connectivity index (χ0) is 14.1. The molecule has 0 radical (unpaired) electrons. The van der Waals surface area contributed by atoms with Crippen molar-refractivity contribution in [2.24, 2.45) is 0 Å². The summed E-state index contributed by atoms with van der Waals surface area (Å²) in [6.07, 6.45) is 1.61. The van der Waals surface area contributed by atoms with Gasteiger partial charge in [-0.05, 0) is 30.3 Å². The number of hydrogen-bond acceptors (Lipinski definition) is 3. The fraction of sp³-hybridized carbons (Fsp3) is 0.0667. The number of nitrogens with two attached hydrogens (primary N) is 1. The first-order chi connectivity index (χ1) is 9.65. The van der Waals surface area contributed by atoms with Crippen LogP contribution in [0.15, 0.2) is 48.5 Å². The summed E-state index contributed by atoms with van der Waals surface area (Å²) in [6, 6.07) is 12.9. The Morgan fingerprint density at radius 1 is 1.05 bits per heavy atom. The maximum Gasteiger partial charge on any atom is 0.134 e. The third-order valence-corrected chi connectivity index (χ3v) is 3.75. The highest BCUT2D eigenvalue weighted by Crippen LogP contribution is 2.36. The molecule has 2 aromatic rings. The fourth-order valence-corrected chi connectivity index (χ4v) is 2.75. The molecule has 1 aliphatic rings. The predicted molar refractivity (Wildman–Crippen MR) is 82.3 cm³/mol. The second-order valence-corrected chi connectivity index (χ2v) is 5.30. The predicted octanol–water partition coefficient (Wildman–Crippen LogP) is 4.19. The highest BCUT2D eigenvalue weighted by molar-refractivity contribution is 6.36. The molecule has 5 heteroatoms.